The van der Waals surface area contributed by atoms with Crippen LogP contribution >= 0.6 is 0 Å². The molecule has 1 heteroatoms. The molecule has 90 valence electrons. The smallest absolute Gasteiger partial charge is 0.139 e. The van der Waals surface area contributed by atoms with Crippen LogP contribution < -0.4 is 0 Å². The third-order valence-electron chi connectivity index (χ3n) is 7.05. The summed E-state index contributed by atoms with van der Waals surface area (Å²) in [7, 11) is 0. The van der Waals surface area contributed by atoms with Crippen LogP contribution in [0.5, 0.6) is 0 Å². The Morgan fingerprint density at radius 3 is 2.44 bits per heavy atom. The van der Waals surface area contributed by atoms with Gasteiger partial charge in [-0.15, -0.1) is 0 Å². The first-order valence-electron chi connectivity index (χ1n) is 6.88. The number of rotatable bonds is 0. The van der Waals surface area contributed by atoms with Crippen LogP contribution in [0.3, 0.4) is 0 Å². The molecule has 0 heterocycles. The van der Waals surface area contributed by atoms with Crippen LogP contribution in [0, 0.1) is 28.1 Å². The molecule has 2 unspecified atom stereocenters. The molecule has 2 bridgehead atoms. The van der Waals surface area contributed by atoms with E-state index < -0.39 is 0 Å². The third-order valence-corrected chi connectivity index (χ3v) is 7.05. The second-order valence-corrected chi connectivity index (χ2v) is 7.42. The lowest BCUT2D eigenvalue weighted by Gasteiger charge is -2.64. The van der Waals surface area contributed by atoms with E-state index in [9.17, 15) is 4.79 Å². The Hall–Kier alpha value is -0.330. The number of hydrogen-bond donors (Lipinski definition) is 0. The van der Waals surface area contributed by atoms with Crippen molar-refractivity contribution < 1.29 is 4.79 Å². The van der Waals surface area contributed by atoms with E-state index in [1.807, 2.05) is 0 Å². The van der Waals surface area contributed by atoms with E-state index in [-0.39, 0.29) is 10.8 Å². The quantitative estimate of drug-likeness (QED) is 0.606. The predicted octanol–water partition coefficient (Wildman–Crippen LogP) is 3.82. The van der Waals surface area contributed by atoms with E-state index in [1.165, 1.54) is 19.3 Å². The number of ketones is 1. The molecule has 4 saturated carbocycles. The number of fused-ring (bicyclic) bond motifs is 2. The number of carbonyl (C=O) groups excluding carboxylic acids is 1. The second-order valence-electron chi connectivity index (χ2n) is 7.42. The van der Waals surface area contributed by atoms with E-state index >= 15 is 0 Å². The summed E-state index contributed by atoms with van der Waals surface area (Å²) in [6, 6.07) is 0. The summed E-state index contributed by atoms with van der Waals surface area (Å²) in [4.78, 5) is 12.5. The fourth-order valence-electron chi connectivity index (χ4n) is 5.40. The van der Waals surface area contributed by atoms with E-state index in [0.717, 1.165) is 24.7 Å². The molecule has 0 radical (unpaired) electrons. The topological polar surface area (TPSA) is 17.1 Å². The number of carbonyl (C=O) groups is 1. The highest BCUT2D eigenvalue weighted by Crippen LogP contribution is 2.72. The Morgan fingerprint density at radius 2 is 1.81 bits per heavy atom. The molecule has 1 spiro atoms. The Kier molecular flexibility index (Phi) is 1.85. The van der Waals surface area contributed by atoms with Gasteiger partial charge in [-0.25, -0.2) is 0 Å². The Balaban J connectivity index is 2.15. The summed E-state index contributed by atoms with van der Waals surface area (Å²) in [6.07, 6.45) is 6.04. The first-order valence-corrected chi connectivity index (χ1v) is 6.88. The van der Waals surface area contributed by atoms with Crippen molar-refractivity contribution in [1.29, 1.82) is 0 Å². The standard InChI is InChI=1S/C15H24O/c1-10-5-6-11-13(2,3)14(4)7-8-15(10,11)9-12(14)16/h10-11H,5-9H2,1-4H3/t10?,11?,14-,15+/m0/s1. The van der Waals surface area contributed by atoms with Crippen LogP contribution in [0.1, 0.15) is 59.8 Å². The monoisotopic (exact) mass is 220 g/mol. The zero-order chi connectivity index (χ0) is 11.8. The third kappa shape index (κ3) is 0.889. The van der Waals surface area contributed by atoms with E-state index in [4.69, 9.17) is 0 Å². The van der Waals surface area contributed by atoms with Gasteiger partial charge in [0.2, 0.25) is 0 Å². The maximum absolute atomic E-state index is 12.5. The molecule has 4 fully saturated rings. The molecule has 0 N–H and O–H groups in total. The van der Waals surface area contributed by atoms with Gasteiger partial charge >= 0.3 is 0 Å². The molecule has 0 aliphatic heterocycles. The fraction of sp³-hybridized carbons (Fsp3) is 0.933. The Labute approximate surface area is 99.0 Å². The van der Waals surface area contributed by atoms with Crippen molar-refractivity contribution in [2.75, 3.05) is 0 Å². The maximum atomic E-state index is 12.5. The fourth-order valence-corrected chi connectivity index (χ4v) is 5.40. The van der Waals surface area contributed by atoms with Crippen LogP contribution in [0.2, 0.25) is 0 Å². The van der Waals surface area contributed by atoms with Crippen LogP contribution in [-0.2, 0) is 4.79 Å². The molecule has 4 rings (SSSR count). The molecule has 16 heavy (non-hydrogen) atoms. The van der Waals surface area contributed by atoms with Crippen molar-refractivity contribution in [3.63, 3.8) is 0 Å². The van der Waals surface area contributed by atoms with Gasteiger partial charge in [0.25, 0.3) is 0 Å². The molecule has 0 aromatic heterocycles. The average Bonchev–Trinajstić information content (AvgIpc) is 2.51. The summed E-state index contributed by atoms with van der Waals surface area (Å²) in [5, 5.41) is 0. The van der Waals surface area contributed by atoms with Crippen LogP contribution in [0.15, 0.2) is 0 Å². The summed E-state index contributed by atoms with van der Waals surface area (Å²) < 4.78 is 0. The van der Waals surface area contributed by atoms with Gasteiger partial charge in [-0.1, -0.05) is 27.7 Å². The lowest BCUT2D eigenvalue weighted by atomic mass is 9.39. The minimum atomic E-state index is -0.0243. The van der Waals surface area contributed by atoms with Crippen LogP contribution in [0.25, 0.3) is 0 Å². The Morgan fingerprint density at radius 1 is 1.12 bits per heavy atom. The predicted molar refractivity (Wildman–Crippen MR) is 65.1 cm³/mol. The maximum Gasteiger partial charge on any atom is 0.139 e. The minimum absolute atomic E-state index is 0.0243. The molecule has 4 atom stereocenters. The molecule has 0 aromatic rings. The normalized spacial score (nSPS) is 54.1. The van der Waals surface area contributed by atoms with Crippen molar-refractivity contribution >= 4 is 5.78 Å². The largest absolute Gasteiger partial charge is 0.299 e. The highest BCUT2D eigenvalue weighted by atomic mass is 16.1. The highest BCUT2D eigenvalue weighted by Gasteiger charge is 2.68. The first-order chi connectivity index (χ1) is 7.34. The van der Waals surface area contributed by atoms with Crippen molar-refractivity contribution in [1.82, 2.24) is 0 Å². The SMILES string of the molecule is CC1CCC2C(C)(C)[C@@]3(C)CC[C@@]12CC3=O. The molecule has 1 nitrogen and oxygen atoms in total. The van der Waals surface area contributed by atoms with Gasteiger partial charge in [-0.2, -0.15) is 0 Å². The summed E-state index contributed by atoms with van der Waals surface area (Å²) >= 11 is 0. The van der Waals surface area contributed by atoms with Gasteiger partial charge in [-0.05, 0) is 48.3 Å². The average molecular weight is 220 g/mol. The Bertz CT molecular complexity index is 356. The van der Waals surface area contributed by atoms with Gasteiger partial charge in [0, 0.05) is 11.8 Å². The van der Waals surface area contributed by atoms with E-state index in [0.29, 0.717) is 11.2 Å². The first kappa shape index (κ1) is 10.8. The second kappa shape index (κ2) is 2.73. The molecule has 0 saturated heterocycles. The minimum Gasteiger partial charge on any atom is -0.299 e. The van der Waals surface area contributed by atoms with Gasteiger partial charge in [-0.3, -0.25) is 4.79 Å². The highest BCUT2D eigenvalue weighted by molar-refractivity contribution is 5.88. The zero-order valence-corrected chi connectivity index (χ0v) is 11.1. The van der Waals surface area contributed by atoms with Crippen LogP contribution in [-0.4, -0.2) is 5.78 Å². The zero-order valence-electron chi connectivity index (χ0n) is 11.1. The number of hydrogen-bond acceptors (Lipinski definition) is 1. The van der Waals surface area contributed by atoms with E-state index in [2.05, 4.69) is 27.7 Å². The van der Waals surface area contributed by atoms with Crippen molar-refractivity contribution in [2.45, 2.75) is 59.8 Å². The van der Waals surface area contributed by atoms with Gasteiger partial charge in [0.05, 0.1) is 0 Å². The molecule has 0 amide bonds. The summed E-state index contributed by atoms with van der Waals surface area (Å²) in [6.45, 7) is 9.35. The summed E-state index contributed by atoms with van der Waals surface area (Å²) in [5.41, 5.74) is 0.590. The lowest BCUT2D eigenvalue weighted by molar-refractivity contribution is -0.179. The van der Waals surface area contributed by atoms with Gasteiger partial charge in [0.15, 0.2) is 0 Å². The van der Waals surface area contributed by atoms with Crippen molar-refractivity contribution in [3.8, 4) is 0 Å². The van der Waals surface area contributed by atoms with Gasteiger partial charge in [0.1, 0.15) is 5.78 Å². The number of Topliss-reactive ketones (excluding diaryl/α,β-unsaturated/α-hetero) is 1. The summed E-state index contributed by atoms with van der Waals surface area (Å²) in [5.74, 6) is 2.13. The van der Waals surface area contributed by atoms with Crippen molar-refractivity contribution in [3.05, 3.63) is 0 Å². The van der Waals surface area contributed by atoms with Crippen LogP contribution in [0.4, 0.5) is 0 Å². The lowest BCUT2D eigenvalue weighted by Crippen LogP contribution is -2.62. The van der Waals surface area contributed by atoms with Crippen molar-refractivity contribution in [2.24, 2.45) is 28.1 Å². The molecular formula is C15H24O. The van der Waals surface area contributed by atoms with E-state index in [1.54, 1.807) is 0 Å². The molecule has 4 aliphatic carbocycles. The molecule has 4 aliphatic rings. The molecular weight excluding hydrogens is 196 g/mol. The molecule has 0 aromatic carbocycles. The van der Waals surface area contributed by atoms with Gasteiger partial charge < -0.3 is 0 Å².